The molecule has 1 saturated carbocycles. The number of nitrogens with zero attached hydrogens (tertiary/aromatic N) is 3. The number of hydrogen-bond acceptors (Lipinski definition) is 6. The van der Waals surface area contributed by atoms with Crippen molar-refractivity contribution in [3.63, 3.8) is 0 Å². The Labute approximate surface area is 183 Å². The van der Waals surface area contributed by atoms with Crippen LogP contribution in [-0.2, 0) is 6.54 Å². The first-order valence-electron chi connectivity index (χ1n) is 9.45. The van der Waals surface area contributed by atoms with Crippen LogP contribution in [0.1, 0.15) is 47.0 Å². The fourth-order valence-electron chi connectivity index (χ4n) is 3.39. The van der Waals surface area contributed by atoms with Crippen LogP contribution in [0.4, 0.5) is 5.82 Å². The van der Waals surface area contributed by atoms with Crippen LogP contribution in [-0.4, -0.2) is 31.6 Å². The molecule has 152 valence electrons. The third-order valence-electron chi connectivity index (χ3n) is 5.30. The van der Waals surface area contributed by atoms with E-state index in [2.05, 4.69) is 45.1 Å². The van der Waals surface area contributed by atoms with E-state index in [4.69, 9.17) is 9.15 Å². The number of fused-ring (bicyclic) bond motifs is 1. The highest BCUT2D eigenvalue weighted by Gasteiger charge is 2.38. The summed E-state index contributed by atoms with van der Waals surface area (Å²) in [5, 5.41) is 4.10. The van der Waals surface area contributed by atoms with Crippen molar-refractivity contribution in [2.24, 2.45) is 0 Å². The summed E-state index contributed by atoms with van der Waals surface area (Å²) in [6, 6.07) is 5.92. The molecule has 29 heavy (non-hydrogen) atoms. The fraction of sp³-hybridized carbons (Fsp3) is 0.381. The van der Waals surface area contributed by atoms with E-state index in [0.29, 0.717) is 34.8 Å². The van der Waals surface area contributed by atoms with Gasteiger partial charge < -0.3 is 14.5 Å². The van der Waals surface area contributed by atoms with Crippen molar-refractivity contribution in [2.75, 3.05) is 12.4 Å². The van der Waals surface area contributed by atoms with Gasteiger partial charge in [-0.05, 0) is 50.8 Å². The van der Waals surface area contributed by atoms with Crippen LogP contribution in [0.15, 0.2) is 28.9 Å². The number of carbonyl (C=O) groups is 1. The van der Waals surface area contributed by atoms with E-state index in [1.807, 2.05) is 25.1 Å². The van der Waals surface area contributed by atoms with Crippen LogP contribution in [0, 0.1) is 13.8 Å². The zero-order valence-corrected chi connectivity index (χ0v) is 19.0. The first-order chi connectivity index (χ1) is 13.8. The minimum absolute atomic E-state index is 0.0252. The smallest absolute Gasteiger partial charge is 0.267 e. The molecule has 1 amide bonds. The first-order valence-corrected chi connectivity index (χ1v) is 10.4. The predicted molar refractivity (Wildman–Crippen MR) is 119 cm³/mol. The molecule has 1 fully saturated rings. The maximum absolute atomic E-state index is 13.3. The summed E-state index contributed by atoms with van der Waals surface area (Å²) in [6.07, 6.45) is 3.62. The third-order valence-corrected chi connectivity index (χ3v) is 6.08. The topological polar surface area (TPSA) is 80.5 Å². The van der Waals surface area contributed by atoms with Gasteiger partial charge in [-0.2, -0.15) is 0 Å². The van der Waals surface area contributed by atoms with E-state index < -0.39 is 0 Å². The monoisotopic (exact) mass is 506 g/mol. The number of halogens is 1. The van der Waals surface area contributed by atoms with Crippen molar-refractivity contribution in [1.29, 1.82) is 0 Å². The Kier molecular flexibility index (Phi) is 5.14. The second kappa shape index (κ2) is 7.47. The molecule has 1 aliphatic carbocycles. The molecule has 2 aromatic heterocycles. The summed E-state index contributed by atoms with van der Waals surface area (Å²) in [6.45, 7) is 6.39. The lowest BCUT2D eigenvalue weighted by molar-refractivity contribution is 0.0883. The largest absolute Gasteiger partial charge is 0.496 e. The predicted octanol–water partition coefficient (Wildman–Crippen LogP) is 4.81. The van der Waals surface area contributed by atoms with Gasteiger partial charge in [0.1, 0.15) is 23.7 Å². The lowest BCUT2D eigenvalue weighted by Gasteiger charge is -2.17. The van der Waals surface area contributed by atoms with E-state index in [0.717, 1.165) is 29.7 Å². The molecule has 3 aromatic rings. The molecule has 0 unspecified atom stereocenters. The molecule has 1 aromatic carbocycles. The summed E-state index contributed by atoms with van der Waals surface area (Å²) in [7, 11) is 1.65. The average Bonchev–Trinajstić information content (AvgIpc) is 3.30. The zero-order valence-electron chi connectivity index (χ0n) is 16.9. The number of anilines is 1. The summed E-state index contributed by atoms with van der Waals surface area (Å²) in [4.78, 5) is 22.0. The molecule has 0 radical (unpaired) electrons. The molecule has 1 aliphatic rings. The number of rotatable bonds is 6. The van der Waals surface area contributed by atoms with Crippen molar-refractivity contribution < 1.29 is 13.9 Å². The Bertz CT molecular complexity index is 1090. The summed E-state index contributed by atoms with van der Waals surface area (Å²) >= 11 is 2.05. The summed E-state index contributed by atoms with van der Waals surface area (Å²) < 4.78 is 12.8. The van der Waals surface area contributed by atoms with Crippen molar-refractivity contribution in [2.45, 2.75) is 45.7 Å². The molecule has 7 nitrogen and oxygen atoms in total. The standard InChI is InChI=1S/C21H23IN4O3/c1-12-9-14(5-6-15(12)28-4)10-26(22)20(27)16-13(2)29-19-17(16)18(23-11-24-19)25-21(3)7-8-21/h5-6,9,11H,7-8,10H2,1-4H3,(H,23,24,25). The molecule has 4 rings (SSSR count). The molecular weight excluding hydrogens is 483 g/mol. The van der Waals surface area contributed by atoms with Gasteiger partial charge in [0.15, 0.2) is 0 Å². The highest BCUT2D eigenvalue weighted by Crippen LogP contribution is 2.40. The SMILES string of the molecule is COc1ccc(CN(I)C(=O)c2c(C)oc3ncnc(NC4(C)CC4)c23)cc1C. The quantitative estimate of drug-likeness (QED) is 0.382. The second-order valence-electron chi connectivity index (χ2n) is 7.75. The van der Waals surface area contributed by atoms with Crippen LogP contribution >= 0.6 is 22.9 Å². The Morgan fingerprint density at radius 2 is 2.10 bits per heavy atom. The van der Waals surface area contributed by atoms with E-state index in [9.17, 15) is 4.79 Å². The highest BCUT2D eigenvalue weighted by molar-refractivity contribution is 14.1. The van der Waals surface area contributed by atoms with Crippen molar-refractivity contribution in [1.82, 2.24) is 13.1 Å². The maximum Gasteiger partial charge on any atom is 0.267 e. The van der Waals surface area contributed by atoms with Crippen molar-refractivity contribution in [3.05, 3.63) is 47.0 Å². The normalized spacial score (nSPS) is 14.7. The number of benzene rings is 1. The van der Waals surface area contributed by atoms with Gasteiger partial charge in [-0.3, -0.25) is 7.91 Å². The van der Waals surface area contributed by atoms with Crippen LogP contribution < -0.4 is 10.1 Å². The number of carbonyl (C=O) groups excluding carboxylic acids is 1. The molecule has 8 heteroatoms. The van der Waals surface area contributed by atoms with E-state index in [1.165, 1.54) is 6.33 Å². The van der Waals surface area contributed by atoms with E-state index in [-0.39, 0.29) is 11.4 Å². The van der Waals surface area contributed by atoms with Crippen LogP contribution in [0.5, 0.6) is 5.75 Å². The second-order valence-corrected chi connectivity index (χ2v) is 8.92. The Morgan fingerprint density at radius 3 is 2.76 bits per heavy atom. The van der Waals surface area contributed by atoms with Gasteiger partial charge in [0.25, 0.3) is 5.91 Å². The maximum atomic E-state index is 13.3. The van der Waals surface area contributed by atoms with Crippen molar-refractivity contribution >= 4 is 45.7 Å². The highest BCUT2D eigenvalue weighted by atomic mass is 127. The number of furan rings is 1. The average molecular weight is 506 g/mol. The lowest BCUT2D eigenvalue weighted by Crippen LogP contribution is -2.22. The molecule has 2 heterocycles. The summed E-state index contributed by atoms with van der Waals surface area (Å²) in [5.74, 6) is 1.90. The van der Waals surface area contributed by atoms with E-state index >= 15 is 0 Å². The number of aryl methyl sites for hydroxylation is 2. The van der Waals surface area contributed by atoms with Crippen LogP contribution in [0.3, 0.4) is 0 Å². The number of nitrogens with one attached hydrogen (secondary N) is 1. The molecule has 0 atom stereocenters. The molecular formula is C21H23IN4O3. The fourth-order valence-corrected chi connectivity index (χ4v) is 4.02. The molecule has 0 saturated heterocycles. The Hall–Kier alpha value is -2.36. The van der Waals surface area contributed by atoms with Crippen LogP contribution in [0.2, 0.25) is 0 Å². The lowest BCUT2D eigenvalue weighted by atomic mass is 10.1. The van der Waals surface area contributed by atoms with Crippen molar-refractivity contribution in [3.8, 4) is 5.75 Å². The van der Waals surface area contributed by atoms with Gasteiger partial charge in [0.05, 0.1) is 47.5 Å². The van der Waals surface area contributed by atoms with Crippen LogP contribution in [0.25, 0.3) is 11.1 Å². The molecule has 0 bridgehead atoms. The molecule has 1 N–H and O–H groups in total. The number of ether oxygens (including phenoxy) is 1. The Morgan fingerprint density at radius 1 is 1.34 bits per heavy atom. The van der Waals surface area contributed by atoms with Gasteiger partial charge in [0.2, 0.25) is 5.71 Å². The molecule has 0 aliphatic heterocycles. The first kappa shape index (κ1) is 19.9. The van der Waals surface area contributed by atoms with Gasteiger partial charge in [-0.25, -0.2) is 9.97 Å². The number of methoxy groups -OCH3 is 1. The minimum Gasteiger partial charge on any atom is -0.496 e. The molecule has 0 spiro atoms. The number of aromatic nitrogens is 2. The Balaban J connectivity index is 1.65. The summed E-state index contributed by atoms with van der Waals surface area (Å²) in [5.41, 5.74) is 3.02. The minimum atomic E-state index is -0.130. The van der Waals surface area contributed by atoms with Gasteiger partial charge >= 0.3 is 0 Å². The van der Waals surface area contributed by atoms with Gasteiger partial charge in [-0.15, -0.1) is 0 Å². The van der Waals surface area contributed by atoms with E-state index in [1.54, 1.807) is 17.1 Å². The number of hydrogen-bond donors (Lipinski definition) is 1. The third kappa shape index (κ3) is 3.90. The number of amides is 1. The van der Waals surface area contributed by atoms with Gasteiger partial charge in [0, 0.05) is 5.54 Å². The van der Waals surface area contributed by atoms with Gasteiger partial charge in [-0.1, -0.05) is 12.1 Å². The zero-order chi connectivity index (χ0) is 20.8.